The van der Waals surface area contributed by atoms with E-state index in [0.29, 0.717) is 5.82 Å². The van der Waals surface area contributed by atoms with Gasteiger partial charge in [-0.25, -0.2) is 9.97 Å². The van der Waals surface area contributed by atoms with Crippen molar-refractivity contribution in [3.8, 4) is 17.1 Å². The number of nitrogens with zero attached hydrogens (tertiary/aromatic N) is 2. The number of methoxy groups -OCH3 is 1. The molecule has 19 heavy (non-hydrogen) atoms. The maximum Gasteiger partial charge on any atom is 0.163 e. The predicted molar refractivity (Wildman–Crippen MR) is 76.1 cm³/mol. The third kappa shape index (κ3) is 2.74. The van der Waals surface area contributed by atoms with E-state index in [0.717, 1.165) is 28.1 Å². The molecule has 2 aromatic rings. The molecular formula is C15H19N3O. The van der Waals surface area contributed by atoms with Crippen molar-refractivity contribution in [2.75, 3.05) is 7.11 Å². The van der Waals surface area contributed by atoms with Crippen molar-refractivity contribution < 1.29 is 4.74 Å². The molecule has 1 atom stereocenters. The van der Waals surface area contributed by atoms with E-state index in [-0.39, 0.29) is 6.04 Å². The number of ether oxygens (including phenoxy) is 1. The normalized spacial score (nSPS) is 12.3. The highest BCUT2D eigenvalue weighted by Gasteiger charge is 2.12. The first-order chi connectivity index (χ1) is 9.02. The summed E-state index contributed by atoms with van der Waals surface area (Å²) < 4.78 is 5.39. The van der Waals surface area contributed by atoms with E-state index in [4.69, 9.17) is 10.5 Å². The van der Waals surface area contributed by atoms with Gasteiger partial charge in [0.15, 0.2) is 5.82 Å². The van der Waals surface area contributed by atoms with Gasteiger partial charge >= 0.3 is 0 Å². The maximum absolute atomic E-state index is 5.87. The van der Waals surface area contributed by atoms with Gasteiger partial charge in [0.1, 0.15) is 5.75 Å². The minimum absolute atomic E-state index is 0.0611. The van der Waals surface area contributed by atoms with Gasteiger partial charge in [0, 0.05) is 23.5 Å². The lowest BCUT2D eigenvalue weighted by atomic mass is 10.1. The van der Waals surface area contributed by atoms with Crippen molar-refractivity contribution >= 4 is 0 Å². The highest BCUT2D eigenvalue weighted by Crippen LogP contribution is 2.29. The van der Waals surface area contributed by atoms with Crippen molar-refractivity contribution in [3.05, 3.63) is 41.2 Å². The van der Waals surface area contributed by atoms with Crippen LogP contribution < -0.4 is 10.5 Å². The third-order valence-corrected chi connectivity index (χ3v) is 3.11. The first kappa shape index (κ1) is 13.5. The summed E-state index contributed by atoms with van der Waals surface area (Å²) in [7, 11) is 1.65. The van der Waals surface area contributed by atoms with Gasteiger partial charge in [-0.2, -0.15) is 0 Å². The standard InChI is InChI=1S/C15H19N3O/c1-9-5-6-12(14(7-9)19-4)15-17-8-13(10(2)16)11(3)18-15/h5-8,10H,16H2,1-4H3. The number of nitrogens with two attached hydrogens (primary N) is 1. The Hall–Kier alpha value is -1.94. The van der Waals surface area contributed by atoms with Gasteiger partial charge in [-0.15, -0.1) is 0 Å². The van der Waals surface area contributed by atoms with Crippen molar-refractivity contribution in [2.24, 2.45) is 5.73 Å². The van der Waals surface area contributed by atoms with E-state index in [1.54, 1.807) is 13.3 Å². The average Bonchev–Trinajstić information content (AvgIpc) is 2.37. The van der Waals surface area contributed by atoms with Gasteiger partial charge in [-0.05, 0) is 38.5 Å². The molecule has 0 bridgehead atoms. The van der Waals surface area contributed by atoms with Gasteiger partial charge in [-0.3, -0.25) is 0 Å². The molecule has 1 unspecified atom stereocenters. The van der Waals surface area contributed by atoms with Crippen LogP contribution in [0.1, 0.15) is 29.8 Å². The van der Waals surface area contributed by atoms with Crippen molar-refractivity contribution in [1.29, 1.82) is 0 Å². The Morgan fingerprint density at radius 3 is 2.58 bits per heavy atom. The molecule has 0 aliphatic heterocycles. The Balaban J connectivity index is 2.51. The molecule has 0 amide bonds. The molecule has 0 aliphatic carbocycles. The quantitative estimate of drug-likeness (QED) is 0.918. The Morgan fingerprint density at radius 2 is 2.00 bits per heavy atom. The fraction of sp³-hybridized carbons (Fsp3) is 0.333. The number of aryl methyl sites for hydroxylation is 2. The van der Waals surface area contributed by atoms with Gasteiger partial charge in [-0.1, -0.05) is 6.07 Å². The summed E-state index contributed by atoms with van der Waals surface area (Å²) in [5, 5.41) is 0. The van der Waals surface area contributed by atoms with Crippen LogP contribution in [0.15, 0.2) is 24.4 Å². The summed E-state index contributed by atoms with van der Waals surface area (Å²) in [6.45, 7) is 5.90. The first-order valence-electron chi connectivity index (χ1n) is 6.27. The van der Waals surface area contributed by atoms with E-state index in [1.807, 2.05) is 39.0 Å². The SMILES string of the molecule is COc1cc(C)ccc1-c1ncc(C(C)N)c(C)n1. The van der Waals surface area contributed by atoms with Crippen LogP contribution in [0.5, 0.6) is 5.75 Å². The van der Waals surface area contributed by atoms with Crippen molar-refractivity contribution in [3.63, 3.8) is 0 Å². The summed E-state index contributed by atoms with van der Waals surface area (Å²) in [4.78, 5) is 8.93. The highest BCUT2D eigenvalue weighted by atomic mass is 16.5. The van der Waals surface area contributed by atoms with E-state index >= 15 is 0 Å². The fourth-order valence-corrected chi connectivity index (χ4v) is 2.04. The lowest BCUT2D eigenvalue weighted by molar-refractivity contribution is 0.416. The summed E-state index contributed by atoms with van der Waals surface area (Å²) in [6, 6.07) is 5.92. The molecule has 1 heterocycles. The summed E-state index contributed by atoms with van der Waals surface area (Å²) >= 11 is 0. The zero-order valence-corrected chi connectivity index (χ0v) is 11.8. The minimum atomic E-state index is -0.0611. The topological polar surface area (TPSA) is 61.0 Å². The fourth-order valence-electron chi connectivity index (χ4n) is 2.04. The van der Waals surface area contributed by atoms with Crippen molar-refractivity contribution in [1.82, 2.24) is 9.97 Å². The van der Waals surface area contributed by atoms with Crippen LogP contribution in [0.3, 0.4) is 0 Å². The van der Waals surface area contributed by atoms with Crippen LogP contribution in [-0.4, -0.2) is 17.1 Å². The Bertz CT molecular complexity index is 594. The molecule has 0 spiro atoms. The van der Waals surface area contributed by atoms with Crippen LogP contribution in [0.2, 0.25) is 0 Å². The van der Waals surface area contributed by atoms with Crippen LogP contribution in [0, 0.1) is 13.8 Å². The molecule has 100 valence electrons. The van der Waals surface area contributed by atoms with Gasteiger partial charge in [0.05, 0.1) is 12.7 Å². The molecule has 0 fully saturated rings. The maximum atomic E-state index is 5.87. The van der Waals surface area contributed by atoms with E-state index in [1.165, 1.54) is 0 Å². The zero-order valence-electron chi connectivity index (χ0n) is 11.8. The van der Waals surface area contributed by atoms with Gasteiger partial charge in [0.25, 0.3) is 0 Å². The average molecular weight is 257 g/mol. The Kier molecular flexibility index (Phi) is 3.81. The molecule has 0 saturated heterocycles. The molecule has 2 rings (SSSR count). The smallest absolute Gasteiger partial charge is 0.163 e. The number of hydrogen-bond donors (Lipinski definition) is 1. The number of benzene rings is 1. The lowest BCUT2D eigenvalue weighted by Crippen LogP contribution is -2.09. The Morgan fingerprint density at radius 1 is 1.26 bits per heavy atom. The molecule has 1 aromatic carbocycles. The van der Waals surface area contributed by atoms with Gasteiger partial charge < -0.3 is 10.5 Å². The van der Waals surface area contributed by atoms with E-state index in [9.17, 15) is 0 Å². The molecule has 1 aromatic heterocycles. The minimum Gasteiger partial charge on any atom is -0.496 e. The second-order valence-electron chi connectivity index (χ2n) is 4.73. The summed E-state index contributed by atoms with van der Waals surface area (Å²) in [5.74, 6) is 1.45. The number of rotatable bonds is 3. The second kappa shape index (κ2) is 5.36. The van der Waals surface area contributed by atoms with Gasteiger partial charge in [0.2, 0.25) is 0 Å². The molecule has 0 saturated carbocycles. The summed E-state index contributed by atoms with van der Waals surface area (Å²) in [6.07, 6.45) is 1.79. The molecular weight excluding hydrogens is 238 g/mol. The van der Waals surface area contributed by atoms with E-state index in [2.05, 4.69) is 9.97 Å². The summed E-state index contributed by atoms with van der Waals surface area (Å²) in [5.41, 5.74) is 9.79. The molecule has 4 nitrogen and oxygen atoms in total. The number of hydrogen-bond acceptors (Lipinski definition) is 4. The largest absolute Gasteiger partial charge is 0.496 e. The monoisotopic (exact) mass is 257 g/mol. The molecule has 0 aliphatic rings. The third-order valence-electron chi connectivity index (χ3n) is 3.11. The number of aromatic nitrogens is 2. The molecule has 0 radical (unpaired) electrons. The predicted octanol–water partition coefficient (Wildman–Crippen LogP) is 2.79. The lowest BCUT2D eigenvalue weighted by Gasteiger charge is -2.12. The van der Waals surface area contributed by atoms with Crippen LogP contribution >= 0.6 is 0 Å². The molecule has 4 heteroatoms. The van der Waals surface area contributed by atoms with Crippen molar-refractivity contribution in [2.45, 2.75) is 26.8 Å². The van der Waals surface area contributed by atoms with E-state index < -0.39 is 0 Å². The Labute approximate surface area is 113 Å². The second-order valence-corrected chi connectivity index (χ2v) is 4.73. The molecule has 2 N–H and O–H groups in total. The van der Waals surface area contributed by atoms with Crippen LogP contribution in [-0.2, 0) is 0 Å². The highest BCUT2D eigenvalue weighted by molar-refractivity contribution is 5.65. The van der Waals surface area contributed by atoms with Crippen LogP contribution in [0.4, 0.5) is 0 Å². The first-order valence-corrected chi connectivity index (χ1v) is 6.27. The van der Waals surface area contributed by atoms with Crippen LogP contribution in [0.25, 0.3) is 11.4 Å². The zero-order chi connectivity index (χ0) is 14.0.